The van der Waals surface area contributed by atoms with Gasteiger partial charge in [-0.1, -0.05) is 30.3 Å². The van der Waals surface area contributed by atoms with Crippen molar-refractivity contribution >= 4 is 26.8 Å². The number of rotatable bonds is 6. The Morgan fingerprint density at radius 1 is 0.967 bits per heavy atom. The van der Waals surface area contributed by atoms with Crippen molar-refractivity contribution < 1.29 is 13.2 Å². The Balaban J connectivity index is 1.40. The van der Waals surface area contributed by atoms with E-state index in [-0.39, 0.29) is 11.7 Å². The van der Waals surface area contributed by atoms with Crippen molar-refractivity contribution in [1.29, 1.82) is 0 Å². The first-order valence-electron chi connectivity index (χ1n) is 9.31. The predicted molar refractivity (Wildman–Crippen MR) is 115 cm³/mol. The SMILES string of the molecule is CS(=O)(=O)Cc1ccc(C(=O)NCc2ccc(-n3cnc4ccccc43)nc2)cc1. The van der Waals surface area contributed by atoms with E-state index in [2.05, 4.69) is 15.3 Å². The number of hydrogen-bond acceptors (Lipinski definition) is 5. The van der Waals surface area contributed by atoms with Crippen LogP contribution in [0.3, 0.4) is 0 Å². The fraction of sp³-hybridized carbons (Fsp3) is 0.136. The second-order valence-electron chi connectivity index (χ2n) is 7.08. The smallest absolute Gasteiger partial charge is 0.251 e. The molecule has 1 amide bonds. The quantitative estimate of drug-likeness (QED) is 0.518. The fourth-order valence-electron chi connectivity index (χ4n) is 3.14. The van der Waals surface area contributed by atoms with Gasteiger partial charge in [0.15, 0.2) is 9.84 Å². The van der Waals surface area contributed by atoms with Gasteiger partial charge in [-0.3, -0.25) is 9.36 Å². The zero-order valence-corrected chi connectivity index (χ0v) is 17.1. The van der Waals surface area contributed by atoms with Crippen molar-refractivity contribution in [2.75, 3.05) is 6.26 Å². The summed E-state index contributed by atoms with van der Waals surface area (Å²) in [7, 11) is -3.10. The molecule has 0 atom stereocenters. The molecule has 8 heteroatoms. The molecule has 0 saturated heterocycles. The summed E-state index contributed by atoms with van der Waals surface area (Å²) >= 11 is 0. The van der Waals surface area contributed by atoms with Crippen LogP contribution in [-0.4, -0.2) is 35.1 Å². The summed E-state index contributed by atoms with van der Waals surface area (Å²) in [5.74, 6) is 0.477. The Hall–Kier alpha value is -3.52. The van der Waals surface area contributed by atoms with E-state index in [1.165, 1.54) is 6.26 Å². The molecule has 0 aliphatic heterocycles. The average Bonchev–Trinajstić information content (AvgIpc) is 3.16. The number of aromatic nitrogens is 3. The third-order valence-electron chi connectivity index (χ3n) is 4.61. The number of carbonyl (C=O) groups excluding carboxylic acids is 1. The molecule has 0 radical (unpaired) electrons. The lowest BCUT2D eigenvalue weighted by Crippen LogP contribution is -2.22. The highest BCUT2D eigenvalue weighted by Gasteiger charge is 2.09. The number of hydrogen-bond donors (Lipinski definition) is 1. The minimum Gasteiger partial charge on any atom is -0.348 e. The van der Waals surface area contributed by atoms with Gasteiger partial charge in [-0.15, -0.1) is 0 Å². The van der Waals surface area contributed by atoms with E-state index in [9.17, 15) is 13.2 Å². The molecule has 2 heterocycles. The lowest BCUT2D eigenvalue weighted by molar-refractivity contribution is 0.0951. The summed E-state index contributed by atoms with van der Waals surface area (Å²) < 4.78 is 24.6. The number of sulfone groups is 1. The lowest BCUT2D eigenvalue weighted by Gasteiger charge is -2.08. The summed E-state index contributed by atoms with van der Waals surface area (Å²) in [5, 5.41) is 2.85. The van der Waals surface area contributed by atoms with Gasteiger partial charge in [0.25, 0.3) is 5.91 Å². The van der Waals surface area contributed by atoms with E-state index < -0.39 is 9.84 Å². The van der Waals surface area contributed by atoms with Crippen molar-refractivity contribution in [1.82, 2.24) is 19.9 Å². The van der Waals surface area contributed by atoms with Crippen molar-refractivity contribution in [3.05, 3.63) is 89.9 Å². The van der Waals surface area contributed by atoms with E-state index in [1.54, 1.807) is 36.8 Å². The van der Waals surface area contributed by atoms with Crippen LogP contribution in [0.25, 0.3) is 16.9 Å². The van der Waals surface area contributed by atoms with E-state index in [0.29, 0.717) is 17.7 Å². The number of imidazole rings is 1. The van der Waals surface area contributed by atoms with Gasteiger partial charge in [-0.2, -0.15) is 0 Å². The second kappa shape index (κ2) is 8.08. The molecule has 0 saturated carbocycles. The molecule has 0 bridgehead atoms. The van der Waals surface area contributed by atoms with Gasteiger partial charge < -0.3 is 5.32 Å². The van der Waals surface area contributed by atoms with E-state index in [1.807, 2.05) is 41.0 Å². The molecule has 0 unspecified atom stereocenters. The molecule has 2 aromatic carbocycles. The molecular weight excluding hydrogens is 400 g/mol. The topological polar surface area (TPSA) is 94.0 Å². The largest absolute Gasteiger partial charge is 0.348 e. The van der Waals surface area contributed by atoms with Crippen LogP contribution < -0.4 is 5.32 Å². The number of para-hydroxylation sites is 2. The maximum absolute atomic E-state index is 12.4. The third-order valence-corrected chi connectivity index (χ3v) is 5.47. The average molecular weight is 420 g/mol. The molecule has 30 heavy (non-hydrogen) atoms. The Bertz CT molecular complexity index is 1290. The number of fused-ring (bicyclic) bond motifs is 1. The standard InChI is InChI=1S/C22H20N4O3S/c1-30(28,29)14-16-6-9-18(10-7-16)22(27)24-13-17-8-11-21(23-12-17)26-15-25-19-4-2-3-5-20(19)26/h2-12,15H,13-14H2,1H3,(H,24,27). The molecule has 0 spiro atoms. The molecule has 0 aliphatic carbocycles. The summed E-state index contributed by atoms with van der Waals surface area (Å²) in [6, 6.07) is 18.2. The maximum Gasteiger partial charge on any atom is 0.251 e. The molecule has 4 rings (SSSR count). The molecular formula is C22H20N4O3S. The van der Waals surface area contributed by atoms with Crippen LogP contribution in [0.5, 0.6) is 0 Å². The summed E-state index contributed by atoms with van der Waals surface area (Å²) in [6.45, 7) is 0.335. The van der Waals surface area contributed by atoms with Crippen LogP contribution in [0.2, 0.25) is 0 Å². The van der Waals surface area contributed by atoms with Crippen molar-refractivity contribution in [2.24, 2.45) is 0 Å². The van der Waals surface area contributed by atoms with Crippen LogP contribution in [0, 0.1) is 0 Å². The molecule has 2 aromatic heterocycles. The summed E-state index contributed by atoms with van der Waals surface area (Å²) in [5.41, 5.74) is 3.87. The molecule has 0 aliphatic rings. The number of carbonyl (C=O) groups is 1. The van der Waals surface area contributed by atoms with Crippen LogP contribution in [0.15, 0.2) is 73.2 Å². The van der Waals surface area contributed by atoms with Crippen LogP contribution in [-0.2, 0) is 22.1 Å². The minimum atomic E-state index is -3.10. The predicted octanol–water partition coefficient (Wildman–Crippen LogP) is 2.90. The molecule has 4 aromatic rings. The summed E-state index contributed by atoms with van der Waals surface area (Å²) in [6.07, 6.45) is 4.64. The minimum absolute atomic E-state index is 0.0425. The van der Waals surface area contributed by atoms with Gasteiger partial charge in [0.05, 0.1) is 16.8 Å². The van der Waals surface area contributed by atoms with E-state index in [4.69, 9.17) is 0 Å². The highest BCUT2D eigenvalue weighted by atomic mass is 32.2. The van der Waals surface area contributed by atoms with Crippen LogP contribution in [0.1, 0.15) is 21.5 Å². The first-order chi connectivity index (χ1) is 14.4. The number of amides is 1. The molecule has 1 N–H and O–H groups in total. The Labute approximate surface area is 174 Å². The van der Waals surface area contributed by atoms with Gasteiger partial charge in [0.1, 0.15) is 12.1 Å². The zero-order valence-electron chi connectivity index (χ0n) is 16.3. The first kappa shape index (κ1) is 19.8. The zero-order chi connectivity index (χ0) is 21.1. The Morgan fingerprint density at radius 3 is 2.40 bits per heavy atom. The van der Waals surface area contributed by atoms with Gasteiger partial charge in [-0.05, 0) is 41.5 Å². The molecule has 7 nitrogen and oxygen atoms in total. The highest BCUT2D eigenvalue weighted by Crippen LogP contribution is 2.16. The highest BCUT2D eigenvalue weighted by molar-refractivity contribution is 7.89. The number of pyridine rings is 1. The third kappa shape index (κ3) is 4.55. The van der Waals surface area contributed by atoms with E-state index >= 15 is 0 Å². The number of nitrogens with one attached hydrogen (secondary N) is 1. The fourth-order valence-corrected chi connectivity index (χ4v) is 3.94. The monoisotopic (exact) mass is 420 g/mol. The van der Waals surface area contributed by atoms with Gasteiger partial charge in [-0.25, -0.2) is 18.4 Å². The van der Waals surface area contributed by atoms with Crippen molar-refractivity contribution in [3.8, 4) is 5.82 Å². The normalized spacial score (nSPS) is 11.5. The van der Waals surface area contributed by atoms with Gasteiger partial charge >= 0.3 is 0 Å². The Morgan fingerprint density at radius 2 is 1.70 bits per heavy atom. The summed E-state index contributed by atoms with van der Waals surface area (Å²) in [4.78, 5) is 21.2. The van der Waals surface area contributed by atoms with Gasteiger partial charge in [0.2, 0.25) is 0 Å². The molecule has 0 fully saturated rings. The second-order valence-corrected chi connectivity index (χ2v) is 9.22. The number of nitrogens with zero attached hydrogens (tertiary/aromatic N) is 3. The van der Waals surface area contributed by atoms with Gasteiger partial charge in [0, 0.05) is 24.6 Å². The van der Waals surface area contributed by atoms with Crippen molar-refractivity contribution in [2.45, 2.75) is 12.3 Å². The van der Waals surface area contributed by atoms with Crippen molar-refractivity contribution in [3.63, 3.8) is 0 Å². The maximum atomic E-state index is 12.4. The van der Waals surface area contributed by atoms with Crippen LogP contribution in [0.4, 0.5) is 0 Å². The first-order valence-corrected chi connectivity index (χ1v) is 11.4. The van der Waals surface area contributed by atoms with Crippen LogP contribution >= 0.6 is 0 Å². The molecule has 152 valence electrons. The Kier molecular flexibility index (Phi) is 5.33. The lowest BCUT2D eigenvalue weighted by atomic mass is 10.1. The van der Waals surface area contributed by atoms with E-state index in [0.717, 1.165) is 22.4 Å². The number of benzene rings is 2.